The number of rotatable bonds is 7. The van der Waals surface area contributed by atoms with Gasteiger partial charge in [0.05, 0.1) is 24.9 Å². The molecule has 19 heavy (non-hydrogen) atoms. The van der Waals surface area contributed by atoms with Crippen LogP contribution in [0.25, 0.3) is 0 Å². The van der Waals surface area contributed by atoms with Crippen molar-refractivity contribution in [1.82, 2.24) is 5.32 Å². The lowest BCUT2D eigenvalue weighted by Crippen LogP contribution is -2.15. The van der Waals surface area contributed by atoms with Crippen LogP contribution in [0.2, 0.25) is 5.02 Å². The summed E-state index contributed by atoms with van der Waals surface area (Å²) < 4.78 is 10.3. The van der Waals surface area contributed by atoms with Crippen molar-refractivity contribution in [2.24, 2.45) is 0 Å². The third-order valence-electron chi connectivity index (χ3n) is 2.58. The number of carbonyl (C=O) groups is 1. The Morgan fingerprint density at radius 1 is 1.26 bits per heavy atom. The van der Waals surface area contributed by atoms with E-state index in [4.69, 9.17) is 21.1 Å². The molecule has 1 rings (SSSR count). The fourth-order valence-corrected chi connectivity index (χ4v) is 1.79. The van der Waals surface area contributed by atoms with Crippen LogP contribution in [0.4, 0.5) is 5.69 Å². The molecule has 106 valence electrons. The second-order valence-corrected chi connectivity index (χ2v) is 4.35. The van der Waals surface area contributed by atoms with E-state index >= 15 is 0 Å². The predicted molar refractivity (Wildman–Crippen MR) is 76.3 cm³/mol. The fraction of sp³-hybridized carbons (Fsp3) is 0.462. The van der Waals surface area contributed by atoms with Gasteiger partial charge in [-0.15, -0.1) is 0 Å². The van der Waals surface area contributed by atoms with Gasteiger partial charge in [-0.25, -0.2) is 0 Å². The molecule has 0 saturated heterocycles. The predicted octanol–water partition coefficient (Wildman–Crippen LogP) is 2.30. The molecule has 2 N–H and O–H groups in total. The molecule has 1 aromatic rings. The first-order valence-electron chi connectivity index (χ1n) is 5.98. The summed E-state index contributed by atoms with van der Waals surface area (Å²) in [4.78, 5) is 11.7. The molecule has 6 heteroatoms. The summed E-state index contributed by atoms with van der Waals surface area (Å²) in [5.41, 5.74) is 0.522. The third kappa shape index (κ3) is 4.61. The number of halogens is 1. The van der Waals surface area contributed by atoms with E-state index in [0.29, 0.717) is 28.6 Å². The Bertz CT molecular complexity index is 438. The van der Waals surface area contributed by atoms with Gasteiger partial charge in [-0.2, -0.15) is 0 Å². The Kier molecular flexibility index (Phi) is 6.45. The summed E-state index contributed by atoms with van der Waals surface area (Å²) in [7, 11) is 4.91. The highest BCUT2D eigenvalue weighted by atomic mass is 35.5. The van der Waals surface area contributed by atoms with Crippen LogP contribution in [0.1, 0.15) is 12.8 Å². The number of carbonyl (C=O) groups excluding carboxylic acids is 1. The monoisotopic (exact) mass is 286 g/mol. The van der Waals surface area contributed by atoms with E-state index in [1.165, 1.54) is 14.2 Å². The molecule has 0 aliphatic carbocycles. The van der Waals surface area contributed by atoms with E-state index in [9.17, 15) is 4.79 Å². The summed E-state index contributed by atoms with van der Waals surface area (Å²) in [6, 6.07) is 3.26. The summed E-state index contributed by atoms with van der Waals surface area (Å²) in [5, 5.41) is 6.17. The number of ether oxygens (including phenoxy) is 2. The molecule has 0 fully saturated rings. The molecular weight excluding hydrogens is 268 g/mol. The Labute approximate surface area is 118 Å². The molecule has 5 nitrogen and oxygen atoms in total. The number of nitrogens with one attached hydrogen (secondary N) is 2. The first-order chi connectivity index (χ1) is 9.12. The Morgan fingerprint density at radius 2 is 1.89 bits per heavy atom. The molecule has 0 aliphatic rings. The van der Waals surface area contributed by atoms with Crippen LogP contribution < -0.4 is 20.1 Å². The van der Waals surface area contributed by atoms with Gasteiger partial charge >= 0.3 is 0 Å². The standard InChI is InChI=1S/C13H19ClN2O3/c1-15-6-4-5-13(17)16-10-8-12(19-3)11(18-2)7-9(10)14/h7-8,15H,4-6H2,1-3H3,(H,16,17). The van der Waals surface area contributed by atoms with Crippen LogP contribution in [-0.2, 0) is 4.79 Å². The topological polar surface area (TPSA) is 59.6 Å². The van der Waals surface area contributed by atoms with Gasteiger partial charge in [-0.3, -0.25) is 4.79 Å². The molecule has 0 saturated carbocycles. The summed E-state index contributed by atoms with van der Waals surface area (Å²) in [6.07, 6.45) is 1.21. The van der Waals surface area contributed by atoms with Crippen molar-refractivity contribution in [3.05, 3.63) is 17.2 Å². The molecule has 0 spiro atoms. The minimum absolute atomic E-state index is 0.0793. The smallest absolute Gasteiger partial charge is 0.224 e. The van der Waals surface area contributed by atoms with Crippen LogP contribution in [-0.4, -0.2) is 33.7 Å². The number of hydrogen-bond acceptors (Lipinski definition) is 4. The van der Waals surface area contributed by atoms with Crippen LogP contribution in [0.3, 0.4) is 0 Å². The molecule has 1 amide bonds. The molecule has 0 bridgehead atoms. The lowest BCUT2D eigenvalue weighted by molar-refractivity contribution is -0.116. The van der Waals surface area contributed by atoms with Crippen molar-refractivity contribution in [2.75, 3.05) is 33.1 Å². The Morgan fingerprint density at radius 3 is 2.47 bits per heavy atom. The number of methoxy groups -OCH3 is 2. The van der Waals surface area contributed by atoms with Gasteiger partial charge in [0.25, 0.3) is 0 Å². The average molecular weight is 287 g/mol. The quantitative estimate of drug-likeness (QED) is 0.755. The highest BCUT2D eigenvalue weighted by Crippen LogP contribution is 2.36. The van der Waals surface area contributed by atoms with Gasteiger partial charge < -0.3 is 20.1 Å². The molecular formula is C13H19ClN2O3. The fourth-order valence-electron chi connectivity index (χ4n) is 1.59. The van der Waals surface area contributed by atoms with E-state index in [1.54, 1.807) is 12.1 Å². The van der Waals surface area contributed by atoms with Crippen LogP contribution >= 0.6 is 11.6 Å². The van der Waals surface area contributed by atoms with E-state index in [0.717, 1.165) is 13.0 Å². The second kappa shape index (κ2) is 7.86. The molecule has 0 aliphatic heterocycles. The normalized spacial score (nSPS) is 10.1. The maximum absolute atomic E-state index is 11.7. The summed E-state index contributed by atoms with van der Waals surface area (Å²) in [6.45, 7) is 0.799. The lowest BCUT2D eigenvalue weighted by Gasteiger charge is -2.12. The number of benzene rings is 1. The van der Waals surface area contributed by atoms with E-state index < -0.39 is 0 Å². The molecule has 0 aromatic heterocycles. The largest absolute Gasteiger partial charge is 0.493 e. The van der Waals surface area contributed by atoms with Gasteiger partial charge in [-0.1, -0.05) is 11.6 Å². The first-order valence-corrected chi connectivity index (χ1v) is 6.36. The third-order valence-corrected chi connectivity index (χ3v) is 2.89. The molecule has 0 unspecified atom stereocenters. The zero-order chi connectivity index (χ0) is 14.3. The van der Waals surface area contributed by atoms with Gasteiger partial charge in [0.2, 0.25) is 5.91 Å². The zero-order valence-corrected chi connectivity index (χ0v) is 12.1. The molecule has 0 radical (unpaired) electrons. The Hall–Kier alpha value is -1.46. The Balaban J connectivity index is 2.75. The first kappa shape index (κ1) is 15.6. The SMILES string of the molecule is CNCCCC(=O)Nc1cc(OC)c(OC)cc1Cl. The summed E-state index contributed by atoms with van der Waals surface area (Å²) in [5.74, 6) is 0.975. The van der Waals surface area contributed by atoms with E-state index in [2.05, 4.69) is 10.6 Å². The maximum Gasteiger partial charge on any atom is 0.224 e. The minimum atomic E-state index is -0.0793. The highest BCUT2D eigenvalue weighted by molar-refractivity contribution is 6.34. The summed E-state index contributed by atoms with van der Waals surface area (Å²) >= 11 is 6.08. The maximum atomic E-state index is 11.7. The van der Waals surface area contributed by atoms with Crippen LogP contribution in [0, 0.1) is 0 Å². The van der Waals surface area contributed by atoms with E-state index in [-0.39, 0.29) is 5.91 Å². The van der Waals surface area contributed by atoms with Crippen molar-refractivity contribution in [2.45, 2.75) is 12.8 Å². The van der Waals surface area contributed by atoms with Gasteiger partial charge in [0.15, 0.2) is 11.5 Å². The number of anilines is 1. The van der Waals surface area contributed by atoms with Crippen molar-refractivity contribution in [3.8, 4) is 11.5 Å². The highest BCUT2D eigenvalue weighted by Gasteiger charge is 2.11. The molecule has 0 atom stereocenters. The zero-order valence-electron chi connectivity index (χ0n) is 11.4. The molecule has 0 heterocycles. The van der Waals surface area contributed by atoms with E-state index in [1.807, 2.05) is 7.05 Å². The second-order valence-electron chi connectivity index (χ2n) is 3.94. The number of amides is 1. The van der Waals surface area contributed by atoms with Crippen molar-refractivity contribution < 1.29 is 14.3 Å². The average Bonchev–Trinajstić information content (AvgIpc) is 2.40. The lowest BCUT2D eigenvalue weighted by atomic mass is 10.2. The van der Waals surface area contributed by atoms with Gasteiger partial charge in [0, 0.05) is 18.6 Å². The minimum Gasteiger partial charge on any atom is -0.493 e. The van der Waals surface area contributed by atoms with Crippen LogP contribution in [0.15, 0.2) is 12.1 Å². The van der Waals surface area contributed by atoms with Crippen molar-refractivity contribution >= 4 is 23.2 Å². The van der Waals surface area contributed by atoms with Gasteiger partial charge in [-0.05, 0) is 20.0 Å². The molecule has 1 aromatic carbocycles. The van der Waals surface area contributed by atoms with Crippen molar-refractivity contribution in [3.63, 3.8) is 0 Å². The number of hydrogen-bond donors (Lipinski definition) is 2. The van der Waals surface area contributed by atoms with Crippen molar-refractivity contribution in [1.29, 1.82) is 0 Å². The van der Waals surface area contributed by atoms with Gasteiger partial charge in [0.1, 0.15) is 0 Å². The van der Waals surface area contributed by atoms with Crippen LogP contribution in [0.5, 0.6) is 11.5 Å².